The molecule has 30 nitrogen and oxygen atoms in total. The van der Waals surface area contributed by atoms with Gasteiger partial charge in [0.1, 0.15) is 65.6 Å². The number of aliphatic hydroxyl groups is 9. The summed E-state index contributed by atoms with van der Waals surface area (Å²) in [5, 5.41) is 93.3. The van der Waals surface area contributed by atoms with Gasteiger partial charge in [0.2, 0.25) is 5.91 Å². The van der Waals surface area contributed by atoms with E-state index in [2.05, 4.69) is 46.0 Å². The van der Waals surface area contributed by atoms with Crippen molar-refractivity contribution in [3.63, 3.8) is 0 Å². The normalized spacial score (nSPS) is 31.0. The Morgan fingerprint density at radius 3 is 1.23 bits per heavy atom. The number of ether oxygens (including phenoxy) is 15. The first-order valence-corrected chi connectivity index (χ1v) is 48.8. The number of Topliss-reactive ketones (excluding diaryl/α,β-unsaturated/α-hetero) is 3. The minimum atomic E-state index is -1.20. The highest BCUT2D eigenvalue weighted by Gasteiger charge is 2.60. The highest BCUT2D eigenvalue weighted by atomic mass is 16.7. The number of carbonyl (C=O) groups is 5. The number of amides is 1. The van der Waals surface area contributed by atoms with Gasteiger partial charge in [-0.2, -0.15) is 0 Å². The smallest absolute Gasteiger partial charge is 0.308 e. The highest BCUT2D eigenvalue weighted by Crippen LogP contribution is 2.67. The zero-order chi connectivity index (χ0) is 91.3. The number of unbranched alkanes of at least 4 members (excludes halogenated alkanes) is 6. The average molecular weight is 1800 g/mol. The minimum absolute atomic E-state index is 0.00830. The molecule has 7 aliphatic rings. The van der Waals surface area contributed by atoms with Crippen molar-refractivity contribution < 1.29 is 141 Å². The molecule has 4 aliphatic carbocycles. The molecule has 126 heavy (non-hydrogen) atoms. The second-order valence-corrected chi connectivity index (χ2v) is 38.4. The largest absolute Gasteiger partial charge is 0.462 e. The van der Waals surface area contributed by atoms with Crippen LogP contribution in [0.4, 0.5) is 0 Å². The minimum Gasteiger partial charge on any atom is -0.462 e. The van der Waals surface area contributed by atoms with Crippen molar-refractivity contribution in [3.05, 3.63) is 11.6 Å². The van der Waals surface area contributed by atoms with Gasteiger partial charge >= 0.3 is 5.97 Å². The summed E-state index contributed by atoms with van der Waals surface area (Å²) < 4.78 is 89.1. The van der Waals surface area contributed by atoms with Gasteiger partial charge in [0.05, 0.1) is 90.8 Å². The number of rotatable bonds is 70. The monoisotopic (exact) mass is 1800 g/mol. The maximum atomic E-state index is 14.1. The van der Waals surface area contributed by atoms with E-state index in [1.54, 1.807) is 20.8 Å². The molecule has 19 unspecified atom stereocenters. The van der Waals surface area contributed by atoms with Crippen LogP contribution in [0.25, 0.3) is 0 Å². The maximum absolute atomic E-state index is 14.1. The Labute approximate surface area is 752 Å². The van der Waals surface area contributed by atoms with E-state index in [-0.39, 0.29) is 99.8 Å². The fourth-order valence-electron chi connectivity index (χ4n) is 20.2. The van der Waals surface area contributed by atoms with Crippen LogP contribution in [0.1, 0.15) is 274 Å². The van der Waals surface area contributed by atoms with Crippen LogP contribution in [-0.4, -0.2) is 306 Å². The van der Waals surface area contributed by atoms with E-state index in [0.717, 1.165) is 55.3 Å². The zero-order valence-electron chi connectivity index (χ0n) is 78.1. The summed E-state index contributed by atoms with van der Waals surface area (Å²) in [5.74, 6) is 3.00. The van der Waals surface area contributed by atoms with Crippen molar-refractivity contribution in [2.75, 3.05) is 145 Å². The first-order chi connectivity index (χ1) is 60.7. The van der Waals surface area contributed by atoms with E-state index in [0.29, 0.717) is 225 Å². The van der Waals surface area contributed by atoms with Crippen LogP contribution in [0.2, 0.25) is 0 Å². The summed E-state index contributed by atoms with van der Waals surface area (Å²) in [6.07, 6.45) is 15.7. The first kappa shape index (κ1) is 110. The number of hydrogen-bond donors (Lipinski definition) is 10. The molecule has 7 rings (SSSR count). The number of fused-ring (bicyclic) bond motifs is 5. The Morgan fingerprint density at radius 1 is 0.429 bits per heavy atom. The molecule has 3 saturated heterocycles. The summed E-state index contributed by atoms with van der Waals surface area (Å²) in [7, 11) is 0. The summed E-state index contributed by atoms with van der Waals surface area (Å²) in [5.41, 5.74) is 0.949. The summed E-state index contributed by atoms with van der Waals surface area (Å²) in [6, 6.07) is 0. The van der Waals surface area contributed by atoms with E-state index in [1.807, 2.05) is 0 Å². The molecule has 732 valence electrons. The molecular weight excluding hydrogens is 1630 g/mol. The SMILES string of the molecule is CC(C)CCC[C@@H](C)C1CCC2C3CC=C4C[C@@H](OC(=O)CCOCCOCCC(=O)NC(COCCCOCCCCC(=O)CCCCOC5OC(CO)C(O)C(O)C5C)(COCCCOCCCCC(=O)CCCCOC5OC(CO)C(O)C(O)C5C)COCCCOCCCCC(=O)CCCCOC5OC(CO)C(O)C(O)C5C)CC[C@]4(C)C3CC[C@@]21C. The van der Waals surface area contributed by atoms with Crippen LogP contribution in [0, 0.1) is 64.1 Å². The summed E-state index contributed by atoms with van der Waals surface area (Å²) in [4.78, 5) is 65.6. The van der Waals surface area contributed by atoms with Gasteiger partial charge in [-0.05, 0) is 188 Å². The molecule has 10 N–H and O–H groups in total. The maximum Gasteiger partial charge on any atom is 0.308 e. The van der Waals surface area contributed by atoms with Crippen LogP contribution in [0.3, 0.4) is 0 Å². The number of aliphatic hydroxyl groups excluding tert-OH is 9. The Hall–Kier alpha value is -3.23. The molecule has 3 heterocycles. The third-order valence-electron chi connectivity index (χ3n) is 28.1. The summed E-state index contributed by atoms with van der Waals surface area (Å²) in [6.45, 7) is 21.4. The molecule has 1 amide bonds. The fourth-order valence-corrected chi connectivity index (χ4v) is 20.2. The Kier molecular flexibility index (Phi) is 52.4. The number of esters is 1. The Balaban J connectivity index is 0.837. The van der Waals surface area contributed by atoms with Gasteiger partial charge in [0.25, 0.3) is 0 Å². The summed E-state index contributed by atoms with van der Waals surface area (Å²) >= 11 is 0. The van der Waals surface area contributed by atoms with Gasteiger partial charge in [-0.25, -0.2) is 0 Å². The van der Waals surface area contributed by atoms with Gasteiger partial charge in [-0.1, -0.05) is 86.3 Å². The van der Waals surface area contributed by atoms with Crippen molar-refractivity contribution in [1.82, 2.24) is 5.32 Å². The van der Waals surface area contributed by atoms with Crippen molar-refractivity contribution in [2.45, 2.75) is 359 Å². The third-order valence-corrected chi connectivity index (χ3v) is 28.1. The predicted octanol–water partition coefficient (Wildman–Crippen LogP) is 9.88. The van der Waals surface area contributed by atoms with Crippen LogP contribution in [0.5, 0.6) is 0 Å². The molecule has 0 aromatic rings. The molecule has 0 radical (unpaired) electrons. The fraction of sp³-hybridized carbons (Fsp3) is 0.927. The number of nitrogens with one attached hydrogen (secondary N) is 1. The molecule has 3 saturated carbocycles. The number of ketones is 3. The van der Waals surface area contributed by atoms with E-state index in [9.17, 15) is 69.9 Å². The second-order valence-electron chi connectivity index (χ2n) is 38.4. The lowest BCUT2D eigenvalue weighted by atomic mass is 9.47. The standard InChI is InChI=1S/C96H169NO29/c1-66(2)25-21-26-67(3)77-35-36-78-76-34-33-71-59-75(37-41-94(71,7)79(76)38-42-95(77,78)8)123-84(105)40-56-116-58-57-115-55-39-83(104)97-96(63-117-49-22-46-112-43-15-9-27-72(101)30-12-18-52-120-91-68(4)85(106)88(109)80(60-98)124-91,64-118-50-23-47-113-44-16-10-28-73(102)31-13-19-53-121-92-69(5)86(107)89(110)81(61-99)125-92)65-119-51-24-48-114-45-17-11-29-74(103)32-14-20-54-122-93-70(6)87(108)90(111)82(62-100)126-93/h33,66-70,75-82,85-93,98-100,106-111H,9-32,34-65H2,1-8H3,(H,97,104)/t67-,68?,69?,70?,75+,76?,77?,78?,79?,80?,81?,82?,85?,86?,87?,88?,89?,90?,91?,92?,93?,94+,95-,96?/m1/s1. The zero-order valence-corrected chi connectivity index (χ0v) is 78.1. The lowest BCUT2D eigenvalue weighted by molar-refractivity contribution is -0.282. The van der Waals surface area contributed by atoms with E-state index in [1.165, 1.54) is 50.5 Å². The van der Waals surface area contributed by atoms with Gasteiger partial charge in [-0.3, -0.25) is 24.0 Å². The lowest BCUT2D eigenvalue weighted by Gasteiger charge is -2.58. The topological polar surface area (TPSA) is 418 Å². The second kappa shape index (κ2) is 60.2. The van der Waals surface area contributed by atoms with E-state index >= 15 is 0 Å². The molecular formula is C96H169NO29. The highest BCUT2D eigenvalue weighted by molar-refractivity contribution is 5.79. The van der Waals surface area contributed by atoms with Crippen molar-refractivity contribution in [2.24, 2.45) is 64.1 Å². The van der Waals surface area contributed by atoms with Gasteiger partial charge in [0, 0.05) is 148 Å². The first-order valence-electron chi connectivity index (χ1n) is 48.8. The van der Waals surface area contributed by atoms with E-state index in [4.69, 9.17) is 71.1 Å². The van der Waals surface area contributed by atoms with E-state index < -0.39 is 117 Å². The average Bonchev–Trinajstić information content (AvgIpc) is 1.45. The quantitative estimate of drug-likeness (QED) is 0.0154. The van der Waals surface area contributed by atoms with Crippen LogP contribution in [0.15, 0.2) is 11.6 Å². The third kappa shape index (κ3) is 36.9. The molecule has 0 bridgehead atoms. The van der Waals surface area contributed by atoms with Crippen molar-refractivity contribution in [1.29, 1.82) is 0 Å². The molecule has 0 aromatic heterocycles. The van der Waals surface area contributed by atoms with Gasteiger partial charge in [0.15, 0.2) is 18.9 Å². The van der Waals surface area contributed by atoms with Gasteiger partial charge in [-0.15, -0.1) is 0 Å². The number of hydrogen-bond acceptors (Lipinski definition) is 29. The van der Waals surface area contributed by atoms with Crippen LogP contribution in [-0.2, 0) is 95.0 Å². The van der Waals surface area contributed by atoms with Crippen LogP contribution < -0.4 is 5.32 Å². The Bertz CT molecular complexity index is 2830. The van der Waals surface area contributed by atoms with Crippen molar-refractivity contribution >= 4 is 29.2 Å². The molecule has 6 fully saturated rings. The number of allylic oxidation sites excluding steroid dienone is 1. The lowest BCUT2D eigenvalue weighted by Crippen LogP contribution is -2.58. The molecule has 23 atom stereocenters. The molecule has 0 aromatic carbocycles. The molecule has 0 spiro atoms. The van der Waals surface area contributed by atoms with Crippen LogP contribution >= 0.6 is 0 Å². The molecule has 3 aliphatic heterocycles. The van der Waals surface area contributed by atoms with Gasteiger partial charge < -0.3 is 122 Å². The Morgan fingerprint density at radius 2 is 0.817 bits per heavy atom. The van der Waals surface area contributed by atoms with Crippen molar-refractivity contribution in [3.8, 4) is 0 Å². The molecule has 30 heteroatoms. The predicted molar refractivity (Wildman–Crippen MR) is 470 cm³/mol. The number of carbonyl (C=O) groups excluding carboxylic acids is 5.